The first-order chi connectivity index (χ1) is 9.22. The van der Waals surface area contributed by atoms with E-state index >= 15 is 0 Å². The molecule has 0 saturated carbocycles. The molecule has 1 amide bonds. The Bertz CT molecular complexity index is 501. The van der Waals surface area contributed by atoms with E-state index in [9.17, 15) is 4.79 Å². The van der Waals surface area contributed by atoms with E-state index in [1.165, 1.54) is 5.69 Å². The number of hydrogen-bond acceptors (Lipinski definition) is 4. The zero-order valence-electron chi connectivity index (χ0n) is 11.1. The van der Waals surface area contributed by atoms with Crippen molar-refractivity contribution in [2.45, 2.75) is 6.42 Å². The van der Waals surface area contributed by atoms with Crippen LogP contribution in [0.3, 0.4) is 0 Å². The fraction of sp³-hybridized carbons (Fsp3) is 0.429. The van der Waals surface area contributed by atoms with Crippen LogP contribution in [0.2, 0.25) is 0 Å². The normalized spacial score (nSPS) is 20.4. The van der Waals surface area contributed by atoms with Crippen LogP contribution in [0.1, 0.15) is 12.0 Å². The maximum absolute atomic E-state index is 11.1. The van der Waals surface area contributed by atoms with Crippen LogP contribution >= 0.6 is 0 Å². The number of carbonyl (C=O) groups is 1. The summed E-state index contributed by atoms with van der Waals surface area (Å²) in [5, 5.41) is 4.04. The molecular formula is C14H18N4O. The molecule has 1 fully saturated rings. The SMILES string of the molecule is CN1CCN(c2ccc(C3=NNC(=O)C3)cc2)CC1. The van der Waals surface area contributed by atoms with Crippen molar-refractivity contribution in [3.05, 3.63) is 29.8 Å². The van der Waals surface area contributed by atoms with Crippen molar-refractivity contribution in [2.24, 2.45) is 5.10 Å². The number of amides is 1. The lowest BCUT2D eigenvalue weighted by Gasteiger charge is -2.34. The first kappa shape index (κ1) is 12.2. The Morgan fingerprint density at radius 2 is 1.79 bits per heavy atom. The van der Waals surface area contributed by atoms with Crippen LogP contribution in [0, 0.1) is 0 Å². The van der Waals surface area contributed by atoms with Crippen LogP contribution in [-0.4, -0.2) is 49.7 Å². The Kier molecular flexibility index (Phi) is 3.21. The number of piperazine rings is 1. The molecule has 0 unspecified atom stereocenters. The Morgan fingerprint density at radius 3 is 2.37 bits per heavy atom. The highest BCUT2D eigenvalue weighted by Gasteiger charge is 2.17. The minimum Gasteiger partial charge on any atom is -0.369 e. The summed E-state index contributed by atoms with van der Waals surface area (Å²) in [6.07, 6.45) is 0.383. The summed E-state index contributed by atoms with van der Waals surface area (Å²) in [5.41, 5.74) is 5.58. The average molecular weight is 258 g/mol. The smallest absolute Gasteiger partial charge is 0.246 e. The predicted octanol–water partition coefficient (Wildman–Crippen LogP) is 0.662. The zero-order valence-corrected chi connectivity index (χ0v) is 11.1. The van der Waals surface area contributed by atoms with Crippen LogP contribution in [0.15, 0.2) is 29.4 Å². The van der Waals surface area contributed by atoms with E-state index in [-0.39, 0.29) is 5.91 Å². The van der Waals surface area contributed by atoms with E-state index in [0.29, 0.717) is 6.42 Å². The summed E-state index contributed by atoms with van der Waals surface area (Å²) < 4.78 is 0. The van der Waals surface area contributed by atoms with Gasteiger partial charge in [-0.25, -0.2) is 5.43 Å². The molecule has 5 heteroatoms. The van der Waals surface area contributed by atoms with Crippen LogP contribution in [0.5, 0.6) is 0 Å². The molecule has 1 aromatic rings. The van der Waals surface area contributed by atoms with Crippen molar-refractivity contribution in [1.82, 2.24) is 10.3 Å². The number of hydrogen-bond donors (Lipinski definition) is 1. The summed E-state index contributed by atoms with van der Waals surface area (Å²) >= 11 is 0. The van der Waals surface area contributed by atoms with E-state index in [1.54, 1.807) is 0 Å². The Morgan fingerprint density at radius 1 is 1.11 bits per heavy atom. The van der Waals surface area contributed by atoms with Crippen molar-refractivity contribution in [3.63, 3.8) is 0 Å². The summed E-state index contributed by atoms with van der Waals surface area (Å²) in [5.74, 6) is -0.0295. The molecule has 1 aromatic carbocycles. The van der Waals surface area contributed by atoms with Gasteiger partial charge in [-0.1, -0.05) is 12.1 Å². The monoisotopic (exact) mass is 258 g/mol. The Hall–Kier alpha value is -1.88. The zero-order chi connectivity index (χ0) is 13.2. The standard InChI is InChI=1S/C14H18N4O/c1-17-6-8-18(9-7-17)12-4-2-11(3-5-12)13-10-14(19)16-15-13/h2-5H,6-10H2,1H3,(H,16,19). The van der Waals surface area contributed by atoms with Gasteiger partial charge in [0.2, 0.25) is 5.91 Å². The number of rotatable bonds is 2. The highest BCUT2D eigenvalue weighted by Crippen LogP contribution is 2.18. The molecule has 0 aliphatic carbocycles. The van der Waals surface area contributed by atoms with E-state index in [2.05, 4.69) is 39.5 Å². The maximum atomic E-state index is 11.1. The van der Waals surface area contributed by atoms with Crippen molar-refractivity contribution in [3.8, 4) is 0 Å². The molecule has 2 aliphatic heterocycles. The van der Waals surface area contributed by atoms with Crippen molar-refractivity contribution in [2.75, 3.05) is 38.1 Å². The van der Waals surface area contributed by atoms with Gasteiger partial charge in [-0.15, -0.1) is 0 Å². The third-order valence-electron chi connectivity index (χ3n) is 3.71. The van der Waals surface area contributed by atoms with E-state index < -0.39 is 0 Å². The van der Waals surface area contributed by atoms with Crippen molar-refractivity contribution >= 4 is 17.3 Å². The molecule has 0 bridgehead atoms. The number of nitrogens with one attached hydrogen (secondary N) is 1. The number of hydrazone groups is 1. The van der Waals surface area contributed by atoms with Gasteiger partial charge >= 0.3 is 0 Å². The van der Waals surface area contributed by atoms with Gasteiger partial charge in [0.05, 0.1) is 12.1 Å². The van der Waals surface area contributed by atoms with Crippen molar-refractivity contribution in [1.29, 1.82) is 0 Å². The van der Waals surface area contributed by atoms with Gasteiger partial charge < -0.3 is 9.80 Å². The topological polar surface area (TPSA) is 47.9 Å². The van der Waals surface area contributed by atoms with Crippen molar-refractivity contribution < 1.29 is 4.79 Å². The van der Waals surface area contributed by atoms with Gasteiger partial charge in [-0.3, -0.25) is 4.79 Å². The van der Waals surface area contributed by atoms with Gasteiger partial charge in [-0.05, 0) is 24.7 Å². The first-order valence-electron chi connectivity index (χ1n) is 6.62. The lowest BCUT2D eigenvalue weighted by molar-refractivity contribution is -0.119. The van der Waals surface area contributed by atoms with E-state index in [1.807, 2.05) is 12.1 Å². The average Bonchev–Trinajstić information content (AvgIpc) is 2.87. The Labute approximate surface area is 112 Å². The molecule has 100 valence electrons. The van der Waals surface area contributed by atoms with Gasteiger partial charge in [0, 0.05) is 31.9 Å². The Balaban J connectivity index is 1.71. The van der Waals surface area contributed by atoms with E-state index in [4.69, 9.17) is 0 Å². The molecule has 1 N–H and O–H groups in total. The molecule has 0 atom stereocenters. The first-order valence-corrected chi connectivity index (χ1v) is 6.62. The highest BCUT2D eigenvalue weighted by atomic mass is 16.2. The van der Waals surface area contributed by atoms with Crippen LogP contribution < -0.4 is 10.3 Å². The second-order valence-electron chi connectivity index (χ2n) is 5.11. The lowest BCUT2D eigenvalue weighted by atomic mass is 10.1. The minimum absolute atomic E-state index is 0.0295. The van der Waals surface area contributed by atoms with Crippen LogP contribution in [0.25, 0.3) is 0 Å². The molecular weight excluding hydrogens is 240 g/mol. The summed E-state index contributed by atoms with van der Waals surface area (Å²) in [6, 6.07) is 8.33. The van der Waals surface area contributed by atoms with Crippen LogP contribution in [0.4, 0.5) is 5.69 Å². The molecule has 5 nitrogen and oxygen atoms in total. The summed E-state index contributed by atoms with van der Waals surface area (Å²) in [6.45, 7) is 4.34. The quantitative estimate of drug-likeness (QED) is 0.848. The molecule has 19 heavy (non-hydrogen) atoms. The largest absolute Gasteiger partial charge is 0.369 e. The molecule has 0 spiro atoms. The third kappa shape index (κ3) is 2.61. The number of benzene rings is 1. The maximum Gasteiger partial charge on any atom is 0.246 e. The third-order valence-corrected chi connectivity index (χ3v) is 3.71. The molecule has 2 heterocycles. The number of carbonyl (C=O) groups excluding carboxylic acids is 1. The van der Waals surface area contributed by atoms with Gasteiger partial charge in [-0.2, -0.15) is 5.10 Å². The van der Waals surface area contributed by atoms with Gasteiger partial charge in [0.15, 0.2) is 0 Å². The number of likely N-dealkylation sites (N-methyl/N-ethyl adjacent to an activating group) is 1. The number of anilines is 1. The fourth-order valence-electron chi connectivity index (χ4n) is 2.46. The lowest BCUT2D eigenvalue weighted by Crippen LogP contribution is -2.44. The van der Waals surface area contributed by atoms with Gasteiger partial charge in [0.1, 0.15) is 0 Å². The second kappa shape index (κ2) is 5.01. The highest BCUT2D eigenvalue weighted by molar-refractivity contribution is 6.13. The van der Waals surface area contributed by atoms with Gasteiger partial charge in [0.25, 0.3) is 0 Å². The van der Waals surface area contributed by atoms with E-state index in [0.717, 1.165) is 37.5 Å². The molecule has 1 saturated heterocycles. The fourth-order valence-corrected chi connectivity index (χ4v) is 2.46. The summed E-state index contributed by atoms with van der Waals surface area (Å²) in [7, 11) is 2.16. The molecule has 0 aromatic heterocycles. The number of nitrogens with zero attached hydrogens (tertiary/aromatic N) is 3. The predicted molar refractivity (Wildman–Crippen MR) is 75.4 cm³/mol. The molecule has 2 aliphatic rings. The molecule has 0 radical (unpaired) electrons. The molecule has 3 rings (SSSR count). The van der Waals surface area contributed by atoms with Crippen LogP contribution in [-0.2, 0) is 4.79 Å². The summed E-state index contributed by atoms with van der Waals surface area (Å²) in [4.78, 5) is 15.9. The minimum atomic E-state index is -0.0295. The second-order valence-corrected chi connectivity index (χ2v) is 5.11.